The van der Waals surface area contributed by atoms with Gasteiger partial charge in [-0.3, -0.25) is 4.79 Å². The highest BCUT2D eigenvalue weighted by Crippen LogP contribution is 2.19. The van der Waals surface area contributed by atoms with Gasteiger partial charge >= 0.3 is 0 Å². The average molecular weight is 312 g/mol. The van der Waals surface area contributed by atoms with Gasteiger partial charge in [0.2, 0.25) is 5.91 Å². The molecule has 0 aliphatic carbocycles. The molecule has 1 fully saturated rings. The third-order valence-electron chi connectivity index (χ3n) is 3.47. The van der Waals surface area contributed by atoms with E-state index in [0.717, 1.165) is 0 Å². The fourth-order valence-electron chi connectivity index (χ4n) is 2.34. The smallest absolute Gasteiger partial charge is 0.238 e. The molecule has 1 aliphatic rings. The number of amides is 1. The lowest BCUT2D eigenvalue weighted by Crippen LogP contribution is -2.35. The quantitative estimate of drug-likeness (QED) is 0.812. The van der Waals surface area contributed by atoms with E-state index < -0.39 is 9.84 Å². The molecule has 1 saturated heterocycles. The summed E-state index contributed by atoms with van der Waals surface area (Å²) >= 11 is 0. The minimum atomic E-state index is -2.96. The van der Waals surface area contributed by atoms with E-state index in [2.05, 4.69) is 10.6 Å². The van der Waals surface area contributed by atoms with E-state index in [4.69, 9.17) is 4.74 Å². The van der Waals surface area contributed by atoms with Crippen LogP contribution in [0.1, 0.15) is 12.8 Å². The van der Waals surface area contributed by atoms with Crippen molar-refractivity contribution in [3.63, 3.8) is 0 Å². The van der Waals surface area contributed by atoms with Crippen molar-refractivity contribution in [2.24, 2.45) is 0 Å². The number of rotatable bonds is 6. The molecule has 0 aromatic heterocycles. The van der Waals surface area contributed by atoms with Crippen molar-refractivity contribution in [2.75, 3.05) is 31.3 Å². The van der Waals surface area contributed by atoms with Crippen LogP contribution in [-0.4, -0.2) is 45.5 Å². The zero-order valence-electron chi connectivity index (χ0n) is 12.0. The van der Waals surface area contributed by atoms with Gasteiger partial charge in [-0.1, -0.05) is 6.07 Å². The van der Waals surface area contributed by atoms with Gasteiger partial charge in [-0.05, 0) is 25.0 Å². The molecule has 116 valence electrons. The maximum atomic E-state index is 11.8. The Balaban J connectivity index is 1.77. The Bertz CT molecular complexity index is 601. The summed E-state index contributed by atoms with van der Waals surface area (Å²) in [5.74, 6) is 0.714. The maximum Gasteiger partial charge on any atom is 0.238 e. The van der Waals surface area contributed by atoms with Crippen molar-refractivity contribution < 1.29 is 17.9 Å². The van der Waals surface area contributed by atoms with Gasteiger partial charge in [0.05, 0.1) is 24.7 Å². The summed E-state index contributed by atoms with van der Waals surface area (Å²) in [4.78, 5) is 11.8. The van der Waals surface area contributed by atoms with Gasteiger partial charge < -0.3 is 15.4 Å². The van der Waals surface area contributed by atoms with E-state index in [1.165, 1.54) is 0 Å². The first kappa shape index (κ1) is 15.8. The largest absolute Gasteiger partial charge is 0.497 e. The van der Waals surface area contributed by atoms with Gasteiger partial charge in [-0.25, -0.2) is 8.42 Å². The molecule has 0 saturated carbocycles. The number of hydrogen-bond donors (Lipinski definition) is 2. The van der Waals surface area contributed by atoms with Crippen LogP contribution in [0.4, 0.5) is 5.69 Å². The predicted octanol–water partition coefficient (Wildman–Crippen LogP) is 0.800. The van der Waals surface area contributed by atoms with E-state index in [9.17, 15) is 13.2 Å². The van der Waals surface area contributed by atoms with Gasteiger partial charge in [-0.2, -0.15) is 0 Å². The highest BCUT2D eigenvalue weighted by Gasteiger charge is 2.30. The molecular weight excluding hydrogens is 292 g/mol. The van der Waals surface area contributed by atoms with Crippen molar-refractivity contribution in [2.45, 2.75) is 18.1 Å². The molecule has 1 amide bonds. The molecule has 6 nitrogen and oxygen atoms in total. The van der Waals surface area contributed by atoms with Crippen molar-refractivity contribution >= 4 is 21.4 Å². The SMILES string of the molecule is COc1cccc(NC(=O)CNCC2CCCS2(=O)=O)c1. The second-order valence-corrected chi connectivity index (χ2v) is 7.44. The number of methoxy groups -OCH3 is 1. The van der Waals surface area contributed by atoms with E-state index >= 15 is 0 Å². The van der Waals surface area contributed by atoms with Crippen LogP contribution in [0, 0.1) is 0 Å². The zero-order chi connectivity index (χ0) is 15.3. The Morgan fingerprint density at radius 1 is 1.43 bits per heavy atom. The molecule has 1 aliphatic heterocycles. The Hall–Kier alpha value is -1.60. The van der Waals surface area contributed by atoms with Crippen LogP contribution in [0.5, 0.6) is 5.75 Å². The van der Waals surface area contributed by atoms with Crippen molar-refractivity contribution in [1.29, 1.82) is 0 Å². The van der Waals surface area contributed by atoms with Crippen molar-refractivity contribution in [1.82, 2.24) is 5.32 Å². The third-order valence-corrected chi connectivity index (χ3v) is 5.75. The number of benzene rings is 1. The molecule has 0 bridgehead atoms. The van der Waals surface area contributed by atoms with Gasteiger partial charge in [0.1, 0.15) is 5.75 Å². The first-order valence-electron chi connectivity index (χ1n) is 6.87. The Labute approximate surface area is 124 Å². The summed E-state index contributed by atoms with van der Waals surface area (Å²) in [5.41, 5.74) is 0.648. The Morgan fingerprint density at radius 3 is 2.90 bits per heavy atom. The summed E-state index contributed by atoms with van der Waals surface area (Å²) in [6, 6.07) is 7.06. The van der Waals surface area contributed by atoms with Crippen LogP contribution < -0.4 is 15.4 Å². The summed E-state index contributed by atoms with van der Waals surface area (Å²) in [6.07, 6.45) is 1.39. The maximum absolute atomic E-state index is 11.8. The summed E-state index contributed by atoms with van der Waals surface area (Å²) in [7, 11) is -1.40. The minimum Gasteiger partial charge on any atom is -0.497 e. The normalized spacial score (nSPS) is 20.1. The molecule has 7 heteroatoms. The lowest BCUT2D eigenvalue weighted by molar-refractivity contribution is -0.115. The highest BCUT2D eigenvalue weighted by molar-refractivity contribution is 7.92. The fraction of sp³-hybridized carbons (Fsp3) is 0.500. The third kappa shape index (κ3) is 4.44. The first-order chi connectivity index (χ1) is 10.0. The fourth-order valence-corrected chi connectivity index (χ4v) is 4.14. The second-order valence-electron chi connectivity index (χ2n) is 5.04. The summed E-state index contributed by atoms with van der Waals surface area (Å²) in [5, 5.41) is 5.28. The average Bonchev–Trinajstić information content (AvgIpc) is 2.78. The summed E-state index contributed by atoms with van der Waals surface area (Å²) < 4.78 is 28.4. The molecule has 2 rings (SSSR count). The van der Waals surface area contributed by atoms with Crippen molar-refractivity contribution in [3.8, 4) is 5.75 Å². The molecule has 0 spiro atoms. The van der Waals surface area contributed by atoms with Crippen LogP contribution in [0.25, 0.3) is 0 Å². The number of hydrogen-bond acceptors (Lipinski definition) is 5. The molecule has 2 N–H and O–H groups in total. The molecule has 1 atom stereocenters. The van der Waals surface area contributed by atoms with Crippen LogP contribution in [-0.2, 0) is 14.6 Å². The van der Waals surface area contributed by atoms with E-state index in [1.54, 1.807) is 31.4 Å². The lowest BCUT2D eigenvalue weighted by Gasteiger charge is -2.11. The van der Waals surface area contributed by atoms with E-state index in [0.29, 0.717) is 30.8 Å². The minimum absolute atomic E-state index is 0.0865. The number of ether oxygens (including phenoxy) is 1. The molecule has 21 heavy (non-hydrogen) atoms. The Morgan fingerprint density at radius 2 is 2.24 bits per heavy atom. The number of carbonyl (C=O) groups is 1. The number of anilines is 1. The van der Waals surface area contributed by atoms with Crippen LogP contribution in [0.2, 0.25) is 0 Å². The zero-order valence-corrected chi connectivity index (χ0v) is 12.8. The summed E-state index contributed by atoms with van der Waals surface area (Å²) in [6.45, 7) is 0.414. The Kier molecular flexibility index (Phi) is 5.19. The van der Waals surface area contributed by atoms with Gasteiger partial charge in [0, 0.05) is 18.3 Å². The van der Waals surface area contributed by atoms with Crippen LogP contribution in [0.3, 0.4) is 0 Å². The molecule has 1 aromatic carbocycles. The molecule has 1 unspecified atom stereocenters. The van der Waals surface area contributed by atoms with Gasteiger partial charge in [0.15, 0.2) is 9.84 Å². The van der Waals surface area contributed by atoms with Crippen molar-refractivity contribution in [3.05, 3.63) is 24.3 Å². The standard InChI is InChI=1S/C14H20N2O4S/c1-20-12-5-2-4-11(8-12)16-14(17)10-15-9-13-6-3-7-21(13,18)19/h2,4-5,8,13,15H,3,6-7,9-10H2,1H3,(H,16,17). The molecule has 1 heterocycles. The predicted molar refractivity (Wildman–Crippen MR) is 81.3 cm³/mol. The van der Waals surface area contributed by atoms with Crippen LogP contribution >= 0.6 is 0 Å². The highest BCUT2D eigenvalue weighted by atomic mass is 32.2. The molecule has 0 radical (unpaired) electrons. The molecular formula is C14H20N2O4S. The van der Waals surface area contributed by atoms with E-state index in [1.807, 2.05) is 0 Å². The van der Waals surface area contributed by atoms with Gasteiger partial charge in [-0.15, -0.1) is 0 Å². The van der Waals surface area contributed by atoms with E-state index in [-0.39, 0.29) is 23.5 Å². The molecule has 1 aromatic rings. The second kappa shape index (κ2) is 6.91. The van der Waals surface area contributed by atoms with Gasteiger partial charge in [0.25, 0.3) is 0 Å². The topological polar surface area (TPSA) is 84.5 Å². The number of sulfone groups is 1. The first-order valence-corrected chi connectivity index (χ1v) is 8.59. The lowest BCUT2D eigenvalue weighted by atomic mass is 10.2. The van der Waals surface area contributed by atoms with Crippen LogP contribution in [0.15, 0.2) is 24.3 Å². The number of carbonyl (C=O) groups excluding carboxylic acids is 1. The number of nitrogens with one attached hydrogen (secondary N) is 2. The monoisotopic (exact) mass is 312 g/mol.